The van der Waals surface area contributed by atoms with Crippen molar-refractivity contribution in [1.29, 1.82) is 0 Å². The summed E-state index contributed by atoms with van der Waals surface area (Å²) in [6.07, 6.45) is 0. The van der Waals surface area contributed by atoms with Crippen molar-refractivity contribution < 1.29 is 4.74 Å². The summed E-state index contributed by atoms with van der Waals surface area (Å²) in [7, 11) is 1.51. The van der Waals surface area contributed by atoms with Gasteiger partial charge in [-0.15, -0.1) is 0 Å². The van der Waals surface area contributed by atoms with Crippen molar-refractivity contribution in [1.82, 2.24) is 20.2 Å². The zero-order valence-electron chi connectivity index (χ0n) is 7.38. The second kappa shape index (κ2) is 3.63. The lowest BCUT2D eigenvalue weighted by Crippen LogP contribution is -1.99. The molecule has 1 heterocycles. The SMILES string of the molecule is COc1nnnn1-c1ccc(Cl)cc1. The fourth-order valence-electron chi connectivity index (χ4n) is 1.05. The number of rotatable bonds is 2. The topological polar surface area (TPSA) is 52.8 Å². The van der Waals surface area contributed by atoms with E-state index in [0.29, 0.717) is 11.0 Å². The van der Waals surface area contributed by atoms with Crippen LogP contribution in [0.2, 0.25) is 5.02 Å². The van der Waals surface area contributed by atoms with Crippen LogP contribution in [0, 0.1) is 0 Å². The van der Waals surface area contributed by atoms with Crippen LogP contribution in [0.25, 0.3) is 5.69 Å². The van der Waals surface area contributed by atoms with Gasteiger partial charge in [-0.05, 0) is 34.7 Å². The fourth-order valence-corrected chi connectivity index (χ4v) is 1.18. The molecule has 0 amide bonds. The normalized spacial score (nSPS) is 10.1. The van der Waals surface area contributed by atoms with E-state index in [4.69, 9.17) is 16.3 Å². The summed E-state index contributed by atoms with van der Waals surface area (Å²) in [4.78, 5) is 0. The summed E-state index contributed by atoms with van der Waals surface area (Å²) in [5, 5.41) is 11.6. The van der Waals surface area contributed by atoms with Gasteiger partial charge in [-0.2, -0.15) is 4.68 Å². The summed E-state index contributed by atoms with van der Waals surface area (Å²) < 4.78 is 6.45. The Morgan fingerprint density at radius 2 is 2.00 bits per heavy atom. The lowest BCUT2D eigenvalue weighted by atomic mass is 10.3. The van der Waals surface area contributed by atoms with Crippen LogP contribution in [0.1, 0.15) is 0 Å². The molecule has 0 atom stereocenters. The monoisotopic (exact) mass is 210 g/mol. The van der Waals surface area contributed by atoms with E-state index < -0.39 is 0 Å². The highest BCUT2D eigenvalue weighted by molar-refractivity contribution is 6.30. The van der Waals surface area contributed by atoms with Crippen molar-refractivity contribution in [3.05, 3.63) is 29.3 Å². The number of hydrogen-bond donors (Lipinski definition) is 0. The van der Waals surface area contributed by atoms with Crippen molar-refractivity contribution in [2.45, 2.75) is 0 Å². The third kappa shape index (κ3) is 1.54. The summed E-state index contributed by atoms with van der Waals surface area (Å²) >= 11 is 5.75. The Balaban J connectivity index is 2.44. The molecule has 0 unspecified atom stereocenters. The Hall–Kier alpha value is -1.62. The molecule has 0 saturated carbocycles. The molecule has 0 spiro atoms. The van der Waals surface area contributed by atoms with E-state index in [0.717, 1.165) is 5.69 Å². The van der Waals surface area contributed by atoms with E-state index in [9.17, 15) is 0 Å². The van der Waals surface area contributed by atoms with Gasteiger partial charge in [0.25, 0.3) is 0 Å². The van der Waals surface area contributed by atoms with Crippen LogP contribution in [-0.4, -0.2) is 27.3 Å². The molecule has 1 aromatic carbocycles. The third-order valence-corrected chi connectivity index (χ3v) is 1.95. The van der Waals surface area contributed by atoms with Crippen molar-refractivity contribution in [2.24, 2.45) is 0 Å². The van der Waals surface area contributed by atoms with Gasteiger partial charge >= 0.3 is 6.01 Å². The number of methoxy groups -OCH3 is 1. The van der Waals surface area contributed by atoms with Crippen LogP contribution >= 0.6 is 11.6 Å². The molecule has 0 fully saturated rings. The second-order valence-corrected chi connectivity index (χ2v) is 2.99. The first-order valence-corrected chi connectivity index (χ1v) is 4.27. The lowest BCUT2D eigenvalue weighted by molar-refractivity contribution is 0.368. The molecule has 2 rings (SSSR count). The Kier molecular flexibility index (Phi) is 2.32. The van der Waals surface area contributed by atoms with E-state index >= 15 is 0 Å². The maximum Gasteiger partial charge on any atom is 0.340 e. The smallest absolute Gasteiger partial charge is 0.340 e. The predicted octanol–water partition coefficient (Wildman–Crippen LogP) is 1.32. The van der Waals surface area contributed by atoms with E-state index in [2.05, 4.69) is 15.5 Å². The zero-order valence-corrected chi connectivity index (χ0v) is 8.14. The summed E-state index contributed by atoms with van der Waals surface area (Å²) in [5.74, 6) is 0. The number of aromatic nitrogens is 4. The number of benzene rings is 1. The molecule has 0 radical (unpaired) electrons. The molecule has 5 nitrogen and oxygen atoms in total. The van der Waals surface area contributed by atoms with Gasteiger partial charge in [0.05, 0.1) is 12.8 Å². The van der Waals surface area contributed by atoms with Gasteiger partial charge in [-0.3, -0.25) is 0 Å². The van der Waals surface area contributed by atoms with Crippen molar-refractivity contribution in [3.8, 4) is 11.7 Å². The molecular weight excluding hydrogens is 204 g/mol. The number of tetrazole rings is 1. The Labute approximate surface area is 85.3 Å². The first-order valence-electron chi connectivity index (χ1n) is 3.89. The van der Waals surface area contributed by atoms with Gasteiger partial charge in [0.1, 0.15) is 0 Å². The lowest BCUT2D eigenvalue weighted by Gasteiger charge is -2.01. The highest BCUT2D eigenvalue weighted by Gasteiger charge is 2.06. The van der Waals surface area contributed by atoms with E-state index in [1.54, 1.807) is 24.3 Å². The Bertz CT molecular complexity index is 425. The van der Waals surface area contributed by atoms with E-state index in [1.807, 2.05) is 0 Å². The van der Waals surface area contributed by atoms with Crippen LogP contribution in [0.5, 0.6) is 6.01 Å². The summed E-state index contributed by atoms with van der Waals surface area (Å²) in [5.41, 5.74) is 0.802. The van der Waals surface area contributed by atoms with Gasteiger partial charge in [0.15, 0.2) is 0 Å². The van der Waals surface area contributed by atoms with Crippen molar-refractivity contribution in [2.75, 3.05) is 7.11 Å². The van der Waals surface area contributed by atoms with E-state index in [1.165, 1.54) is 11.8 Å². The molecular formula is C8H7ClN4O. The molecule has 0 aliphatic rings. The Morgan fingerprint density at radius 3 is 2.64 bits per heavy atom. The van der Waals surface area contributed by atoms with Crippen LogP contribution in [-0.2, 0) is 0 Å². The fraction of sp³-hybridized carbons (Fsp3) is 0.125. The third-order valence-electron chi connectivity index (χ3n) is 1.69. The molecule has 0 bridgehead atoms. The number of halogens is 1. The zero-order chi connectivity index (χ0) is 9.97. The van der Waals surface area contributed by atoms with Crippen molar-refractivity contribution >= 4 is 11.6 Å². The van der Waals surface area contributed by atoms with Crippen molar-refractivity contribution in [3.63, 3.8) is 0 Å². The van der Waals surface area contributed by atoms with Gasteiger partial charge in [0, 0.05) is 5.02 Å². The minimum atomic E-state index is 0.340. The number of hydrogen-bond acceptors (Lipinski definition) is 4. The molecule has 0 aliphatic heterocycles. The quantitative estimate of drug-likeness (QED) is 0.750. The molecule has 2 aromatic rings. The predicted molar refractivity (Wildman–Crippen MR) is 50.7 cm³/mol. The Morgan fingerprint density at radius 1 is 1.29 bits per heavy atom. The van der Waals surface area contributed by atoms with Gasteiger partial charge in [-0.25, -0.2) is 0 Å². The molecule has 6 heteroatoms. The molecule has 0 saturated heterocycles. The largest absolute Gasteiger partial charge is 0.466 e. The van der Waals surface area contributed by atoms with Crippen LogP contribution in [0.15, 0.2) is 24.3 Å². The highest BCUT2D eigenvalue weighted by atomic mass is 35.5. The first kappa shape index (κ1) is 8.96. The summed E-state index contributed by atoms with van der Waals surface area (Å²) in [6.45, 7) is 0. The van der Waals surface area contributed by atoms with Gasteiger partial charge < -0.3 is 4.74 Å². The minimum Gasteiger partial charge on any atom is -0.466 e. The molecule has 72 valence electrons. The van der Waals surface area contributed by atoms with Gasteiger partial charge in [0.2, 0.25) is 0 Å². The standard InChI is InChI=1S/C8H7ClN4O/c1-14-8-10-11-12-13(8)7-4-2-6(9)3-5-7/h2-5H,1H3. The maximum atomic E-state index is 5.75. The molecule has 1 aromatic heterocycles. The van der Waals surface area contributed by atoms with Gasteiger partial charge in [-0.1, -0.05) is 16.7 Å². The van der Waals surface area contributed by atoms with Crippen LogP contribution in [0.4, 0.5) is 0 Å². The average Bonchev–Trinajstić information content (AvgIpc) is 2.67. The first-order chi connectivity index (χ1) is 6.81. The van der Waals surface area contributed by atoms with Crippen LogP contribution in [0.3, 0.4) is 0 Å². The number of ether oxygens (including phenoxy) is 1. The molecule has 0 aliphatic carbocycles. The highest BCUT2D eigenvalue weighted by Crippen LogP contribution is 2.15. The number of nitrogens with zero attached hydrogens (tertiary/aromatic N) is 4. The second-order valence-electron chi connectivity index (χ2n) is 2.55. The molecule has 14 heavy (non-hydrogen) atoms. The summed E-state index contributed by atoms with van der Waals surface area (Å²) in [6, 6.07) is 7.48. The molecule has 0 N–H and O–H groups in total. The van der Waals surface area contributed by atoms with Crippen LogP contribution < -0.4 is 4.74 Å². The van der Waals surface area contributed by atoms with E-state index in [-0.39, 0.29) is 0 Å². The minimum absolute atomic E-state index is 0.340. The maximum absolute atomic E-state index is 5.75. The average molecular weight is 211 g/mol.